The smallest absolute Gasteiger partial charge is 0.249 e. The molecule has 1 aliphatic rings. The van der Waals surface area contributed by atoms with E-state index in [1.165, 1.54) is 4.90 Å². The second-order valence-electron chi connectivity index (χ2n) is 3.16. The van der Waals surface area contributed by atoms with Crippen molar-refractivity contribution < 1.29 is 14.3 Å². The fraction of sp³-hybridized carbons (Fsp3) is 0.778. The monoisotopic (exact) mass is 200 g/mol. The van der Waals surface area contributed by atoms with Crippen molar-refractivity contribution >= 4 is 11.8 Å². The highest BCUT2D eigenvalue weighted by Gasteiger charge is 2.19. The predicted molar refractivity (Wildman–Crippen MR) is 50.7 cm³/mol. The summed E-state index contributed by atoms with van der Waals surface area (Å²) in [5.74, 6) is -0.198. The van der Waals surface area contributed by atoms with Gasteiger partial charge in [0.2, 0.25) is 11.8 Å². The van der Waals surface area contributed by atoms with E-state index in [4.69, 9.17) is 4.74 Å². The van der Waals surface area contributed by atoms with Crippen molar-refractivity contribution in [3.63, 3.8) is 0 Å². The molecule has 0 unspecified atom stereocenters. The third-order valence-corrected chi connectivity index (χ3v) is 2.04. The Hall–Kier alpha value is -1.10. The Bertz CT molecular complexity index is 218. The Morgan fingerprint density at radius 1 is 1.64 bits per heavy atom. The standard InChI is InChI=1S/C9H16N2O3/c1-2-14-7-9(13)11-5-3-4-10-8(12)6-11/h2-7H2,1H3,(H,10,12). The van der Waals surface area contributed by atoms with Crippen molar-refractivity contribution in [1.29, 1.82) is 0 Å². The topological polar surface area (TPSA) is 58.6 Å². The van der Waals surface area contributed by atoms with Gasteiger partial charge in [-0.2, -0.15) is 0 Å². The molecule has 1 saturated heterocycles. The molecule has 0 bridgehead atoms. The summed E-state index contributed by atoms with van der Waals surface area (Å²) >= 11 is 0. The molecule has 0 aliphatic carbocycles. The zero-order chi connectivity index (χ0) is 10.4. The minimum absolute atomic E-state index is 0.0732. The van der Waals surface area contributed by atoms with Crippen LogP contribution in [0.3, 0.4) is 0 Å². The minimum Gasteiger partial charge on any atom is -0.372 e. The van der Waals surface area contributed by atoms with Crippen LogP contribution in [0.25, 0.3) is 0 Å². The average Bonchev–Trinajstić information content (AvgIpc) is 2.39. The van der Waals surface area contributed by atoms with Gasteiger partial charge < -0.3 is 15.0 Å². The first kappa shape index (κ1) is 11.0. The van der Waals surface area contributed by atoms with Crippen LogP contribution in [0.5, 0.6) is 0 Å². The van der Waals surface area contributed by atoms with Crippen LogP contribution >= 0.6 is 0 Å². The summed E-state index contributed by atoms with van der Waals surface area (Å²) in [7, 11) is 0. The van der Waals surface area contributed by atoms with Crippen LogP contribution in [0.2, 0.25) is 0 Å². The van der Waals surface area contributed by atoms with Crippen molar-refractivity contribution in [2.24, 2.45) is 0 Å². The lowest BCUT2D eigenvalue weighted by molar-refractivity contribution is -0.139. The summed E-state index contributed by atoms with van der Waals surface area (Å²) in [6.07, 6.45) is 0.809. The molecule has 1 rings (SSSR count). The number of nitrogens with one attached hydrogen (secondary N) is 1. The first-order valence-electron chi connectivity index (χ1n) is 4.86. The molecule has 0 atom stereocenters. The van der Waals surface area contributed by atoms with Crippen LogP contribution in [0.1, 0.15) is 13.3 Å². The fourth-order valence-corrected chi connectivity index (χ4v) is 1.30. The molecule has 0 spiro atoms. The maximum atomic E-state index is 11.5. The maximum Gasteiger partial charge on any atom is 0.249 e. The Kier molecular flexibility index (Phi) is 4.39. The van der Waals surface area contributed by atoms with Crippen LogP contribution < -0.4 is 5.32 Å². The summed E-state index contributed by atoms with van der Waals surface area (Å²) < 4.78 is 5.00. The lowest BCUT2D eigenvalue weighted by Crippen LogP contribution is -2.39. The molecule has 1 fully saturated rings. The van der Waals surface area contributed by atoms with Crippen molar-refractivity contribution in [3.8, 4) is 0 Å². The number of hydrogen-bond donors (Lipinski definition) is 1. The van der Waals surface area contributed by atoms with E-state index in [0.717, 1.165) is 6.42 Å². The Morgan fingerprint density at radius 3 is 3.14 bits per heavy atom. The minimum atomic E-state index is -0.107. The van der Waals surface area contributed by atoms with Crippen LogP contribution in [-0.2, 0) is 14.3 Å². The SMILES string of the molecule is CCOCC(=O)N1CCCNC(=O)C1. The highest BCUT2D eigenvalue weighted by molar-refractivity contribution is 5.85. The normalized spacial score (nSPS) is 17.5. The number of amides is 2. The zero-order valence-corrected chi connectivity index (χ0v) is 8.41. The number of rotatable bonds is 3. The van der Waals surface area contributed by atoms with Gasteiger partial charge in [0, 0.05) is 19.7 Å². The Morgan fingerprint density at radius 2 is 2.43 bits per heavy atom. The predicted octanol–water partition coefficient (Wildman–Crippen LogP) is -0.629. The summed E-state index contributed by atoms with van der Waals surface area (Å²) in [5, 5.41) is 2.71. The van der Waals surface area contributed by atoms with E-state index in [0.29, 0.717) is 19.7 Å². The lowest BCUT2D eigenvalue weighted by Gasteiger charge is -2.18. The van der Waals surface area contributed by atoms with Gasteiger partial charge in [0.15, 0.2) is 0 Å². The maximum absolute atomic E-state index is 11.5. The summed E-state index contributed by atoms with van der Waals surface area (Å²) in [5.41, 5.74) is 0. The molecule has 5 heteroatoms. The van der Waals surface area contributed by atoms with E-state index >= 15 is 0 Å². The van der Waals surface area contributed by atoms with E-state index in [-0.39, 0.29) is 25.0 Å². The van der Waals surface area contributed by atoms with Gasteiger partial charge in [-0.1, -0.05) is 0 Å². The van der Waals surface area contributed by atoms with Gasteiger partial charge in [0.25, 0.3) is 0 Å². The number of carbonyl (C=O) groups excluding carboxylic acids is 2. The summed E-state index contributed by atoms with van der Waals surface area (Å²) in [6.45, 7) is 3.87. The van der Waals surface area contributed by atoms with E-state index in [2.05, 4.69) is 5.32 Å². The molecule has 1 N–H and O–H groups in total. The Labute approximate surface area is 83.4 Å². The lowest BCUT2D eigenvalue weighted by atomic mass is 10.4. The molecule has 0 aromatic heterocycles. The van der Waals surface area contributed by atoms with Crippen LogP contribution in [0.4, 0.5) is 0 Å². The van der Waals surface area contributed by atoms with Gasteiger partial charge in [-0.15, -0.1) is 0 Å². The van der Waals surface area contributed by atoms with Gasteiger partial charge in [-0.05, 0) is 13.3 Å². The molecule has 1 aliphatic heterocycles. The highest BCUT2D eigenvalue weighted by Crippen LogP contribution is 1.97. The quantitative estimate of drug-likeness (QED) is 0.660. The van der Waals surface area contributed by atoms with Gasteiger partial charge >= 0.3 is 0 Å². The molecular formula is C9H16N2O3. The molecule has 14 heavy (non-hydrogen) atoms. The van der Waals surface area contributed by atoms with Crippen molar-refractivity contribution in [3.05, 3.63) is 0 Å². The van der Waals surface area contributed by atoms with Crippen LogP contribution in [0, 0.1) is 0 Å². The molecular weight excluding hydrogens is 184 g/mol. The molecule has 0 aromatic rings. The fourth-order valence-electron chi connectivity index (χ4n) is 1.30. The van der Waals surface area contributed by atoms with E-state index < -0.39 is 0 Å². The molecule has 80 valence electrons. The molecule has 0 aromatic carbocycles. The van der Waals surface area contributed by atoms with Crippen molar-refractivity contribution in [2.45, 2.75) is 13.3 Å². The molecule has 0 saturated carbocycles. The van der Waals surface area contributed by atoms with E-state index in [1.807, 2.05) is 6.92 Å². The van der Waals surface area contributed by atoms with Crippen LogP contribution in [-0.4, -0.2) is 49.6 Å². The van der Waals surface area contributed by atoms with Gasteiger partial charge in [0.1, 0.15) is 6.61 Å². The largest absolute Gasteiger partial charge is 0.372 e. The molecule has 1 heterocycles. The zero-order valence-electron chi connectivity index (χ0n) is 8.41. The molecule has 0 radical (unpaired) electrons. The van der Waals surface area contributed by atoms with Gasteiger partial charge in [-0.25, -0.2) is 0 Å². The van der Waals surface area contributed by atoms with Crippen molar-refractivity contribution in [2.75, 3.05) is 32.8 Å². The first-order chi connectivity index (χ1) is 6.74. The third-order valence-electron chi connectivity index (χ3n) is 2.04. The first-order valence-corrected chi connectivity index (χ1v) is 4.86. The van der Waals surface area contributed by atoms with Crippen LogP contribution in [0.15, 0.2) is 0 Å². The molecule has 2 amide bonds. The Balaban J connectivity index is 2.40. The van der Waals surface area contributed by atoms with Crippen molar-refractivity contribution in [1.82, 2.24) is 10.2 Å². The average molecular weight is 200 g/mol. The highest BCUT2D eigenvalue weighted by atomic mass is 16.5. The molecule has 5 nitrogen and oxygen atoms in total. The summed E-state index contributed by atoms with van der Waals surface area (Å²) in [6, 6.07) is 0. The summed E-state index contributed by atoms with van der Waals surface area (Å²) in [4.78, 5) is 24.1. The second-order valence-corrected chi connectivity index (χ2v) is 3.16. The number of carbonyl (C=O) groups is 2. The van der Waals surface area contributed by atoms with E-state index in [9.17, 15) is 9.59 Å². The number of ether oxygens (including phenoxy) is 1. The van der Waals surface area contributed by atoms with Gasteiger partial charge in [0.05, 0.1) is 6.54 Å². The third kappa shape index (κ3) is 3.33. The second kappa shape index (κ2) is 5.59. The van der Waals surface area contributed by atoms with Gasteiger partial charge in [-0.3, -0.25) is 9.59 Å². The van der Waals surface area contributed by atoms with E-state index in [1.54, 1.807) is 0 Å². The number of nitrogens with zero attached hydrogens (tertiary/aromatic N) is 1. The number of hydrogen-bond acceptors (Lipinski definition) is 3.